The number of thiazole rings is 1. The van der Waals surface area contributed by atoms with Crippen LogP contribution in [0, 0.1) is 4.78 Å². The van der Waals surface area contributed by atoms with Gasteiger partial charge in [-0.25, -0.2) is 28.7 Å². The summed E-state index contributed by atoms with van der Waals surface area (Å²) in [5.41, 5.74) is 3.87. The molecular formula is C21H25N7O2S2. The van der Waals surface area contributed by atoms with Crippen molar-refractivity contribution in [3.05, 3.63) is 41.7 Å². The fourth-order valence-corrected chi connectivity index (χ4v) is 5.65. The van der Waals surface area contributed by atoms with E-state index in [1.807, 2.05) is 5.51 Å². The normalized spacial score (nSPS) is 21.6. The molecule has 2 aliphatic rings. The van der Waals surface area contributed by atoms with Crippen molar-refractivity contribution in [2.45, 2.75) is 36.2 Å². The molecule has 2 aromatic heterocycles. The van der Waals surface area contributed by atoms with E-state index in [1.54, 1.807) is 16.2 Å². The summed E-state index contributed by atoms with van der Waals surface area (Å²) >= 11 is 1.65. The molecule has 0 unspecified atom stereocenters. The van der Waals surface area contributed by atoms with Gasteiger partial charge in [0.1, 0.15) is 0 Å². The molecule has 0 saturated carbocycles. The van der Waals surface area contributed by atoms with E-state index < -0.39 is 9.73 Å². The first kappa shape index (κ1) is 21.2. The molecule has 2 amide bonds. The van der Waals surface area contributed by atoms with E-state index in [2.05, 4.69) is 50.3 Å². The fourth-order valence-electron chi connectivity index (χ4n) is 4.49. The lowest BCUT2D eigenvalue weighted by Gasteiger charge is -2.41. The van der Waals surface area contributed by atoms with E-state index in [-0.39, 0.29) is 28.5 Å². The number of aromatic nitrogens is 3. The molecule has 2 aliphatic heterocycles. The molecule has 3 aromatic rings. The largest absolute Gasteiger partial charge is 0.330 e. The average Bonchev–Trinajstić information content (AvgIpc) is 3.37. The van der Waals surface area contributed by atoms with Gasteiger partial charge in [-0.3, -0.25) is 9.80 Å². The second-order valence-electron chi connectivity index (χ2n) is 8.65. The zero-order valence-corrected chi connectivity index (χ0v) is 19.6. The van der Waals surface area contributed by atoms with Crippen LogP contribution in [0.5, 0.6) is 0 Å². The Labute approximate surface area is 190 Å². The van der Waals surface area contributed by atoms with Crippen LogP contribution in [0.3, 0.4) is 0 Å². The fraction of sp³-hybridized carbons (Fsp3) is 0.429. The van der Waals surface area contributed by atoms with Crippen molar-refractivity contribution in [2.75, 3.05) is 30.8 Å². The zero-order valence-electron chi connectivity index (χ0n) is 17.9. The Morgan fingerprint density at radius 2 is 1.94 bits per heavy atom. The third-order valence-corrected chi connectivity index (χ3v) is 8.44. The summed E-state index contributed by atoms with van der Waals surface area (Å²) in [4.78, 5) is 29.8. The van der Waals surface area contributed by atoms with Crippen LogP contribution < -0.4 is 10.2 Å². The molecule has 0 radical (unpaired) electrons. The number of carbonyl (C=O) groups excluding carboxylic acids is 1. The Morgan fingerprint density at radius 3 is 2.62 bits per heavy atom. The number of amides is 2. The summed E-state index contributed by atoms with van der Waals surface area (Å²) in [5.74, 6) is 0.277. The number of fused-ring (bicyclic) bond motifs is 1. The Bertz CT molecular complexity index is 1260. The second kappa shape index (κ2) is 7.75. The van der Waals surface area contributed by atoms with Crippen molar-refractivity contribution < 1.29 is 9.00 Å². The van der Waals surface area contributed by atoms with E-state index >= 15 is 0 Å². The number of nitrogens with zero attached hydrogens (tertiary/aromatic N) is 5. The quantitative estimate of drug-likeness (QED) is 0.604. The Hall–Kier alpha value is -2.63. The van der Waals surface area contributed by atoms with Crippen LogP contribution in [0.25, 0.3) is 10.2 Å². The number of likely N-dealkylation sites (tertiary alicyclic amines) is 1. The maximum atomic E-state index is 12.7. The molecule has 0 bridgehead atoms. The molecule has 32 heavy (non-hydrogen) atoms. The number of nitrogens with one attached hydrogen (secondary N) is 2. The van der Waals surface area contributed by atoms with E-state index in [4.69, 9.17) is 4.78 Å². The van der Waals surface area contributed by atoms with Gasteiger partial charge >= 0.3 is 6.03 Å². The number of urea groups is 1. The highest BCUT2D eigenvalue weighted by Gasteiger charge is 2.46. The van der Waals surface area contributed by atoms with E-state index in [1.165, 1.54) is 28.9 Å². The maximum absolute atomic E-state index is 12.7. The lowest BCUT2D eigenvalue weighted by molar-refractivity contribution is 0.121. The topological polar surface area (TPSA) is 115 Å². The molecule has 2 saturated heterocycles. The third-order valence-electron chi connectivity index (χ3n) is 6.52. The third kappa shape index (κ3) is 3.84. The lowest BCUT2D eigenvalue weighted by atomic mass is 9.87. The number of piperidine rings is 1. The summed E-state index contributed by atoms with van der Waals surface area (Å²) in [5, 5.41) is 3.16. The van der Waals surface area contributed by atoms with Crippen molar-refractivity contribution in [1.82, 2.24) is 25.2 Å². The highest BCUT2D eigenvalue weighted by atomic mass is 32.2. The summed E-state index contributed by atoms with van der Waals surface area (Å²) < 4.78 is 20.7. The van der Waals surface area contributed by atoms with Crippen molar-refractivity contribution in [2.24, 2.45) is 0 Å². The van der Waals surface area contributed by atoms with Gasteiger partial charge in [0.25, 0.3) is 0 Å². The molecule has 1 aromatic carbocycles. The molecule has 4 heterocycles. The maximum Gasteiger partial charge on any atom is 0.324 e. The average molecular weight is 472 g/mol. The van der Waals surface area contributed by atoms with Crippen LogP contribution in [0.2, 0.25) is 0 Å². The van der Waals surface area contributed by atoms with Gasteiger partial charge in [0, 0.05) is 37.8 Å². The Morgan fingerprint density at radius 1 is 1.22 bits per heavy atom. The number of hydrogen-bond donors (Lipinski definition) is 2. The summed E-state index contributed by atoms with van der Waals surface area (Å²) in [6.45, 7) is 4.47. The van der Waals surface area contributed by atoms with Crippen molar-refractivity contribution in [3.8, 4) is 0 Å². The van der Waals surface area contributed by atoms with Gasteiger partial charge in [0.2, 0.25) is 5.95 Å². The first-order valence-corrected chi connectivity index (χ1v) is 13.3. The number of hydrogen-bond acceptors (Lipinski definition) is 8. The minimum absolute atomic E-state index is 0.212. The van der Waals surface area contributed by atoms with Gasteiger partial charge in [-0.05, 0) is 37.5 Å². The lowest BCUT2D eigenvalue weighted by Crippen LogP contribution is -2.52. The molecule has 2 fully saturated rings. The monoisotopic (exact) mass is 471 g/mol. The van der Waals surface area contributed by atoms with Crippen LogP contribution in [0.1, 0.15) is 31.4 Å². The van der Waals surface area contributed by atoms with Crippen LogP contribution >= 0.6 is 11.3 Å². The first-order chi connectivity index (χ1) is 15.2. The van der Waals surface area contributed by atoms with Crippen molar-refractivity contribution in [1.29, 1.82) is 4.78 Å². The number of benzene rings is 1. The molecule has 168 valence electrons. The van der Waals surface area contributed by atoms with E-state index in [0.29, 0.717) is 6.54 Å². The molecule has 9 nitrogen and oxygen atoms in total. The Balaban J connectivity index is 1.26. The van der Waals surface area contributed by atoms with Gasteiger partial charge in [0.05, 0.1) is 42.4 Å². The highest BCUT2D eigenvalue weighted by molar-refractivity contribution is 7.91. The summed E-state index contributed by atoms with van der Waals surface area (Å²) in [7, 11) is -2.88. The van der Waals surface area contributed by atoms with Crippen molar-refractivity contribution >= 4 is 43.3 Å². The molecule has 2 N–H and O–H groups in total. The first-order valence-electron chi connectivity index (χ1n) is 10.5. The molecule has 5 rings (SSSR count). The summed E-state index contributed by atoms with van der Waals surface area (Å²) in [6, 6.07) is 6.56. The Kier molecular flexibility index (Phi) is 5.14. The molecule has 11 heteroatoms. The minimum Gasteiger partial charge on any atom is -0.330 e. The van der Waals surface area contributed by atoms with E-state index in [9.17, 15) is 9.00 Å². The van der Waals surface area contributed by atoms with Gasteiger partial charge in [-0.15, -0.1) is 11.3 Å². The van der Waals surface area contributed by atoms with Crippen LogP contribution in [-0.4, -0.2) is 61.5 Å². The van der Waals surface area contributed by atoms with Gasteiger partial charge in [-0.1, -0.05) is 6.07 Å². The van der Waals surface area contributed by atoms with Gasteiger partial charge < -0.3 is 5.32 Å². The number of anilines is 1. The molecule has 0 aliphatic carbocycles. The predicted octanol–water partition coefficient (Wildman–Crippen LogP) is 3.25. The zero-order chi connectivity index (χ0) is 22.5. The smallest absolute Gasteiger partial charge is 0.324 e. The summed E-state index contributed by atoms with van der Waals surface area (Å²) in [6.07, 6.45) is 5.75. The van der Waals surface area contributed by atoms with Crippen LogP contribution in [0.4, 0.5) is 10.7 Å². The minimum atomic E-state index is -2.88. The highest BCUT2D eigenvalue weighted by Crippen LogP contribution is 2.34. The standard InChI is InChI=1S/C21H25N7O2S2/c1-14(15-3-4-18-17(9-15)25-13-31-18)27-7-5-21(6-8-27)12-28(20(29)26-21)19-23-10-16(11-24-19)32(2,22)30/h3-4,9-11,13-14,22H,5-8,12H2,1-2H3,(H,26,29)/t14-,32+/m0/s1. The predicted molar refractivity (Wildman–Crippen MR) is 125 cm³/mol. The van der Waals surface area contributed by atoms with Crippen LogP contribution in [-0.2, 0) is 9.73 Å². The van der Waals surface area contributed by atoms with Crippen LogP contribution in [0.15, 0.2) is 41.0 Å². The SMILES string of the molecule is C[C@@H](c1ccc2scnc2c1)N1CCC2(CC1)CN(c1ncc([S@](C)(=N)=O)cn1)C(=O)N2. The second-order valence-corrected chi connectivity index (χ2v) is 11.7. The molecular weight excluding hydrogens is 446 g/mol. The number of carbonyl (C=O) groups is 1. The van der Waals surface area contributed by atoms with E-state index in [0.717, 1.165) is 31.4 Å². The number of rotatable bonds is 4. The van der Waals surface area contributed by atoms with Gasteiger partial charge in [0.15, 0.2) is 0 Å². The van der Waals surface area contributed by atoms with Gasteiger partial charge in [-0.2, -0.15) is 0 Å². The molecule has 1 spiro atoms. The van der Waals surface area contributed by atoms with Crippen molar-refractivity contribution in [3.63, 3.8) is 0 Å². The molecule has 2 atom stereocenters.